The number of anilines is 2. The molecule has 0 spiro atoms. The molecule has 3 aromatic carbocycles. The van der Waals surface area contributed by atoms with E-state index in [2.05, 4.69) is 10.1 Å². The van der Waals surface area contributed by atoms with Gasteiger partial charge in [0.25, 0.3) is 0 Å². The molecule has 2 N–H and O–H groups in total. The van der Waals surface area contributed by atoms with Crippen LogP contribution >= 0.6 is 11.6 Å². The number of rotatable bonds is 7. The molecular formula is C23H17ClF2N2O3. The molecule has 0 saturated carbocycles. The Labute approximate surface area is 181 Å². The Morgan fingerprint density at radius 3 is 2.71 bits per heavy atom. The first kappa shape index (κ1) is 20.7. The van der Waals surface area contributed by atoms with Gasteiger partial charge in [-0.3, -0.25) is 0 Å². The monoisotopic (exact) mass is 442 g/mol. The van der Waals surface area contributed by atoms with Crippen LogP contribution in [0.5, 0.6) is 5.75 Å². The fourth-order valence-electron chi connectivity index (χ4n) is 3.39. The molecule has 1 aromatic heterocycles. The zero-order valence-corrected chi connectivity index (χ0v) is 16.8. The summed E-state index contributed by atoms with van der Waals surface area (Å²) in [6.45, 7) is -2.38. The van der Waals surface area contributed by atoms with Crippen molar-refractivity contribution in [1.82, 2.24) is 4.57 Å². The van der Waals surface area contributed by atoms with E-state index in [1.54, 1.807) is 24.3 Å². The summed E-state index contributed by atoms with van der Waals surface area (Å²) in [5, 5.41) is 13.8. The Bertz CT molecular complexity index is 1260. The first-order chi connectivity index (χ1) is 14.9. The molecule has 0 saturated heterocycles. The Balaban J connectivity index is 1.57. The average molecular weight is 443 g/mol. The second-order valence-electron chi connectivity index (χ2n) is 6.86. The second-order valence-corrected chi connectivity index (χ2v) is 7.30. The van der Waals surface area contributed by atoms with Crippen LogP contribution in [0.2, 0.25) is 5.02 Å². The van der Waals surface area contributed by atoms with E-state index in [0.717, 1.165) is 22.2 Å². The summed E-state index contributed by atoms with van der Waals surface area (Å²) < 4.78 is 31.4. The van der Waals surface area contributed by atoms with E-state index in [9.17, 15) is 18.7 Å². The standard InChI is InChI=1S/C23H17ClF2N2O3/c24-16-4-6-20(19(12-16)22(29)30)27-17-5-7-21-15(11-17)8-9-28(21)13-14-2-1-3-18(10-14)31-23(25)26/h1-12,23,27H,13H2,(H,29,30). The van der Waals surface area contributed by atoms with Crippen LogP contribution in [0, 0.1) is 0 Å². The van der Waals surface area contributed by atoms with Gasteiger partial charge in [0, 0.05) is 34.4 Å². The third-order valence-corrected chi connectivity index (χ3v) is 4.97. The molecule has 5 nitrogen and oxygen atoms in total. The van der Waals surface area contributed by atoms with Gasteiger partial charge >= 0.3 is 12.6 Å². The van der Waals surface area contributed by atoms with Gasteiger partial charge in [-0.25, -0.2) is 4.79 Å². The summed E-state index contributed by atoms with van der Waals surface area (Å²) in [6.07, 6.45) is 1.90. The van der Waals surface area contributed by atoms with E-state index < -0.39 is 12.6 Å². The zero-order valence-electron chi connectivity index (χ0n) is 16.1. The van der Waals surface area contributed by atoms with E-state index in [-0.39, 0.29) is 11.3 Å². The van der Waals surface area contributed by atoms with Crippen molar-refractivity contribution >= 4 is 39.8 Å². The van der Waals surface area contributed by atoms with Gasteiger partial charge in [-0.2, -0.15) is 8.78 Å². The number of hydrogen-bond acceptors (Lipinski definition) is 3. The van der Waals surface area contributed by atoms with Gasteiger partial charge in [-0.05, 0) is 60.2 Å². The Morgan fingerprint density at radius 1 is 1.10 bits per heavy atom. The number of fused-ring (bicyclic) bond motifs is 1. The molecule has 0 aliphatic heterocycles. The Kier molecular flexibility index (Phi) is 5.77. The normalized spacial score (nSPS) is 11.1. The maximum atomic E-state index is 12.4. The van der Waals surface area contributed by atoms with Crippen molar-refractivity contribution in [2.24, 2.45) is 0 Å². The summed E-state index contributed by atoms with van der Waals surface area (Å²) in [4.78, 5) is 11.5. The molecular weight excluding hydrogens is 426 g/mol. The highest BCUT2D eigenvalue weighted by Gasteiger charge is 2.12. The summed E-state index contributed by atoms with van der Waals surface area (Å²) >= 11 is 5.91. The molecule has 0 amide bonds. The number of benzene rings is 3. The van der Waals surface area contributed by atoms with Crippen LogP contribution in [0.15, 0.2) is 72.9 Å². The van der Waals surface area contributed by atoms with Crippen molar-refractivity contribution in [3.8, 4) is 5.75 Å². The lowest BCUT2D eigenvalue weighted by molar-refractivity contribution is -0.0498. The van der Waals surface area contributed by atoms with Crippen molar-refractivity contribution < 1.29 is 23.4 Å². The van der Waals surface area contributed by atoms with Crippen LogP contribution in [0.3, 0.4) is 0 Å². The van der Waals surface area contributed by atoms with Crippen molar-refractivity contribution in [1.29, 1.82) is 0 Å². The molecule has 0 bridgehead atoms. The van der Waals surface area contributed by atoms with E-state index in [4.69, 9.17) is 11.6 Å². The molecule has 31 heavy (non-hydrogen) atoms. The van der Waals surface area contributed by atoms with Crippen molar-refractivity contribution in [2.45, 2.75) is 13.2 Å². The highest BCUT2D eigenvalue weighted by Crippen LogP contribution is 2.28. The highest BCUT2D eigenvalue weighted by molar-refractivity contribution is 6.31. The van der Waals surface area contributed by atoms with Crippen molar-refractivity contribution in [3.63, 3.8) is 0 Å². The Morgan fingerprint density at radius 2 is 1.94 bits per heavy atom. The molecule has 4 aromatic rings. The molecule has 1 heterocycles. The molecule has 8 heteroatoms. The summed E-state index contributed by atoms with van der Waals surface area (Å²) in [5.74, 6) is -0.956. The average Bonchev–Trinajstić information content (AvgIpc) is 3.11. The number of carbonyl (C=O) groups is 1. The number of halogens is 3. The second kappa shape index (κ2) is 8.65. The molecule has 0 aliphatic rings. The minimum absolute atomic E-state index is 0.0797. The number of nitrogens with one attached hydrogen (secondary N) is 1. The first-order valence-corrected chi connectivity index (χ1v) is 9.69. The lowest BCUT2D eigenvalue weighted by Crippen LogP contribution is -2.03. The summed E-state index contributed by atoms with van der Waals surface area (Å²) in [5.41, 5.74) is 3.01. The molecule has 0 aliphatic carbocycles. The number of aromatic nitrogens is 1. The maximum Gasteiger partial charge on any atom is 0.387 e. The SMILES string of the molecule is O=C(O)c1cc(Cl)ccc1Nc1ccc2c(ccn2Cc2cccc(OC(F)F)c2)c1. The molecule has 158 valence electrons. The van der Waals surface area contributed by atoms with Crippen LogP contribution < -0.4 is 10.1 Å². The van der Waals surface area contributed by atoms with Gasteiger partial charge < -0.3 is 19.7 Å². The number of carboxylic acid groups (broad SMARTS) is 1. The van der Waals surface area contributed by atoms with Crippen LogP contribution in [0.25, 0.3) is 10.9 Å². The van der Waals surface area contributed by atoms with Gasteiger partial charge in [-0.15, -0.1) is 0 Å². The van der Waals surface area contributed by atoms with Gasteiger partial charge in [0.1, 0.15) is 5.75 Å². The maximum absolute atomic E-state index is 12.4. The largest absolute Gasteiger partial charge is 0.478 e. The summed E-state index contributed by atoms with van der Waals surface area (Å²) in [6, 6.07) is 18.8. The van der Waals surface area contributed by atoms with E-state index in [0.29, 0.717) is 17.3 Å². The van der Waals surface area contributed by atoms with Gasteiger partial charge in [-0.1, -0.05) is 23.7 Å². The number of hydrogen-bond donors (Lipinski definition) is 2. The van der Waals surface area contributed by atoms with E-state index >= 15 is 0 Å². The first-order valence-electron chi connectivity index (χ1n) is 9.31. The fraction of sp³-hybridized carbons (Fsp3) is 0.0870. The topological polar surface area (TPSA) is 63.5 Å². The highest BCUT2D eigenvalue weighted by atomic mass is 35.5. The third-order valence-electron chi connectivity index (χ3n) is 4.74. The van der Waals surface area contributed by atoms with Crippen LogP contribution in [0.1, 0.15) is 15.9 Å². The zero-order chi connectivity index (χ0) is 22.0. The van der Waals surface area contributed by atoms with Crippen molar-refractivity contribution in [3.05, 3.63) is 89.1 Å². The predicted molar refractivity (Wildman–Crippen MR) is 116 cm³/mol. The van der Waals surface area contributed by atoms with E-state index in [1.807, 2.05) is 41.1 Å². The Hall–Kier alpha value is -3.58. The lowest BCUT2D eigenvalue weighted by atomic mass is 10.1. The number of nitrogens with zero attached hydrogens (tertiary/aromatic N) is 1. The van der Waals surface area contributed by atoms with Gasteiger partial charge in [0.2, 0.25) is 0 Å². The van der Waals surface area contributed by atoms with Gasteiger partial charge in [0.05, 0.1) is 11.3 Å². The van der Waals surface area contributed by atoms with Gasteiger partial charge in [0.15, 0.2) is 0 Å². The fourth-order valence-corrected chi connectivity index (χ4v) is 3.56. The molecule has 0 unspecified atom stereocenters. The quantitative estimate of drug-likeness (QED) is 0.348. The van der Waals surface area contributed by atoms with Crippen LogP contribution in [0.4, 0.5) is 20.2 Å². The number of alkyl halides is 2. The predicted octanol–water partition coefficient (Wildman–Crippen LogP) is 6.39. The molecule has 0 radical (unpaired) electrons. The lowest BCUT2D eigenvalue weighted by Gasteiger charge is -2.11. The number of carboxylic acids is 1. The van der Waals surface area contributed by atoms with Crippen molar-refractivity contribution in [2.75, 3.05) is 5.32 Å². The minimum atomic E-state index is -2.86. The third kappa shape index (κ3) is 4.78. The van der Waals surface area contributed by atoms with Crippen LogP contribution in [-0.2, 0) is 6.54 Å². The van der Waals surface area contributed by atoms with Crippen LogP contribution in [-0.4, -0.2) is 22.3 Å². The summed E-state index contributed by atoms with van der Waals surface area (Å²) in [7, 11) is 0. The minimum Gasteiger partial charge on any atom is -0.478 e. The number of aromatic carboxylic acids is 1. The number of ether oxygens (including phenoxy) is 1. The smallest absolute Gasteiger partial charge is 0.387 e. The molecule has 0 atom stereocenters. The molecule has 0 fully saturated rings. The van der Waals surface area contributed by atoms with E-state index in [1.165, 1.54) is 12.1 Å². The molecule has 4 rings (SSSR count).